The van der Waals surface area contributed by atoms with Gasteiger partial charge in [0.1, 0.15) is 23.6 Å². The molecule has 2 N–H and O–H groups in total. The van der Waals surface area contributed by atoms with Gasteiger partial charge in [-0.1, -0.05) is 25.0 Å². The quantitative estimate of drug-likeness (QED) is 0.269. The van der Waals surface area contributed by atoms with Crippen LogP contribution in [0.4, 0.5) is 17.2 Å². The Bertz CT molecular complexity index is 1180. The highest BCUT2D eigenvalue weighted by Crippen LogP contribution is 2.35. The van der Waals surface area contributed by atoms with Gasteiger partial charge in [0.25, 0.3) is 5.69 Å². The molecule has 0 radical (unpaired) electrons. The SMILES string of the molecule is O=[N+]([O-])c1cc2c(NCc3cccc(OCOC4CCCC4)c3)ncnc2cc1N1CCNCC1. The second-order valence-electron chi connectivity index (χ2n) is 8.91. The van der Waals surface area contributed by atoms with E-state index in [4.69, 9.17) is 9.47 Å². The van der Waals surface area contributed by atoms with E-state index in [1.54, 1.807) is 12.1 Å². The van der Waals surface area contributed by atoms with Crippen molar-refractivity contribution in [2.45, 2.75) is 38.3 Å². The van der Waals surface area contributed by atoms with Gasteiger partial charge in [0.05, 0.1) is 16.5 Å². The van der Waals surface area contributed by atoms with Gasteiger partial charge in [-0.25, -0.2) is 9.97 Å². The van der Waals surface area contributed by atoms with E-state index >= 15 is 0 Å². The van der Waals surface area contributed by atoms with Gasteiger partial charge in [-0.2, -0.15) is 0 Å². The van der Waals surface area contributed by atoms with Crippen molar-refractivity contribution in [2.24, 2.45) is 0 Å². The number of nitro benzene ring substituents is 1. The van der Waals surface area contributed by atoms with Crippen molar-refractivity contribution in [3.8, 4) is 5.75 Å². The third-order valence-corrected chi connectivity index (χ3v) is 6.58. The Balaban J connectivity index is 1.30. The number of aromatic nitrogens is 2. The number of nitrogens with zero attached hydrogens (tertiary/aromatic N) is 4. The molecule has 5 rings (SSSR count). The van der Waals surface area contributed by atoms with E-state index in [0.29, 0.717) is 48.1 Å². The Hall–Kier alpha value is -3.50. The number of piperazine rings is 1. The molecular formula is C25H30N6O4. The molecule has 35 heavy (non-hydrogen) atoms. The molecule has 0 unspecified atom stereocenters. The number of nitrogens with one attached hydrogen (secondary N) is 2. The molecule has 2 aromatic carbocycles. The number of ether oxygens (including phenoxy) is 2. The lowest BCUT2D eigenvalue weighted by atomic mass is 10.1. The molecular weight excluding hydrogens is 448 g/mol. The molecule has 0 bridgehead atoms. The Morgan fingerprint density at radius 1 is 1.14 bits per heavy atom. The number of hydrogen-bond acceptors (Lipinski definition) is 9. The van der Waals surface area contributed by atoms with E-state index in [2.05, 4.69) is 20.6 Å². The molecule has 184 valence electrons. The summed E-state index contributed by atoms with van der Waals surface area (Å²) in [5.74, 6) is 1.30. The molecule has 2 heterocycles. The van der Waals surface area contributed by atoms with E-state index in [0.717, 1.165) is 37.2 Å². The van der Waals surface area contributed by atoms with Gasteiger partial charge in [0.15, 0.2) is 6.79 Å². The van der Waals surface area contributed by atoms with Gasteiger partial charge in [-0.15, -0.1) is 0 Å². The predicted molar refractivity (Wildman–Crippen MR) is 134 cm³/mol. The molecule has 0 amide bonds. The number of rotatable bonds is 9. The lowest BCUT2D eigenvalue weighted by Gasteiger charge is -2.29. The third kappa shape index (κ3) is 5.60. The van der Waals surface area contributed by atoms with Crippen LogP contribution >= 0.6 is 0 Å². The van der Waals surface area contributed by atoms with Crippen LogP contribution in [-0.2, 0) is 11.3 Å². The highest BCUT2D eigenvalue weighted by molar-refractivity contribution is 5.94. The average molecular weight is 479 g/mol. The summed E-state index contributed by atoms with van der Waals surface area (Å²) in [6.07, 6.45) is 6.46. The summed E-state index contributed by atoms with van der Waals surface area (Å²) in [5, 5.41) is 19.1. The van der Waals surface area contributed by atoms with Crippen molar-refractivity contribution in [3.63, 3.8) is 0 Å². The van der Waals surface area contributed by atoms with Crippen LogP contribution in [0.3, 0.4) is 0 Å². The van der Waals surface area contributed by atoms with Gasteiger partial charge in [-0.05, 0) is 36.6 Å². The summed E-state index contributed by atoms with van der Waals surface area (Å²) in [6, 6.07) is 11.2. The number of nitro groups is 1. The zero-order chi connectivity index (χ0) is 24.0. The topological polar surface area (TPSA) is 115 Å². The molecule has 1 saturated heterocycles. The molecule has 2 fully saturated rings. The van der Waals surface area contributed by atoms with E-state index in [1.165, 1.54) is 19.2 Å². The maximum Gasteiger partial charge on any atom is 0.293 e. The summed E-state index contributed by atoms with van der Waals surface area (Å²) in [5.41, 5.74) is 2.33. The van der Waals surface area contributed by atoms with Crippen molar-refractivity contribution in [3.05, 3.63) is 58.4 Å². The van der Waals surface area contributed by atoms with Crippen LogP contribution < -0.4 is 20.3 Å². The van der Waals surface area contributed by atoms with Crippen LogP contribution in [0, 0.1) is 10.1 Å². The van der Waals surface area contributed by atoms with Crippen LogP contribution in [0.2, 0.25) is 0 Å². The Morgan fingerprint density at radius 2 is 1.97 bits per heavy atom. The molecule has 3 aromatic rings. The smallest absolute Gasteiger partial charge is 0.293 e. The van der Waals surface area contributed by atoms with Crippen LogP contribution in [0.5, 0.6) is 5.75 Å². The molecule has 0 spiro atoms. The Morgan fingerprint density at radius 3 is 2.77 bits per heavy atom. The normalized spacial score (nSPS) is 16.5. The molecule has 0 atom stereocenters. The largest absolute Gasteiger partial charge is 0.468 e. The highest BCUT2D eigenvalue weighted by atomic mass is 16.7. The standard InChI is InChI=1S/C25H30N6O4/c32-31(33)24-13-21-22(14-23(24)30-10-8-26-9-11-30)28-16-29-25(21)27-15-18-4-3-7-20(12-18)35-17-34-19-5-1-2-6-19/h3-4,7,12-14,16,19,26H,1-2,5-6,8-11,15,17H2,(H,27,28,29). The van der Waals surface area contributed by atoms with Crippen LogP contribution in [0.25, 0.3) is 10.9 Å². The molecule has 1 aromatic heterocycles. The van der Waals surface area contributed by atoms with E-state index in [-0.39, 0.29) is 17.4 Å². The van der Waals surface area contributed by atoms with Crippen LogP contribution in [0.1, 0.15) is 31.2 Å². The maximum atomic E-state index is 11.9. The molecule has 2 aliphatic rings. The van der Waals surface area contributed by atoms with Crippen LogP contribution in [-0.4, -0.2) is 54.0 Å². The van der Waals surface area contributed by atoms with Crippen molar-refractivity contribution < 1.29 is 14.4 Å². The van der Waals surface area contributed by atoms with Crippen molar-refractivity contribution >= 4 is 28.1 Å². The second-order valence-corrected chi connectivity index (χ2v) is 8.91. The minimum absolute atomic E-state index is 0.0647. The number of benzene rings is 2. The molecule has 10 nitrogen and oxygen atoms in total. The first kappa shape index (κ1) is 23.3. The molecule has 1 aliphatic heterocycles. The second kappa shape index (κ2) is 10.8. The molecule has 1 aliphatic carbocycles. The van der Waals surface area contributed by atoms with Gasteiger partial charge in [-0.3, -0.25) is 10.1 Å². The molecule has 10 heteroatoms. The summed E-state index contributed by atoms with van der Waals surface area (Å²) in [4.78, 5) is 22.3. The minimum Gasteiger partial charge on any atom is -0.468 e. The summed E-state index contributed by atoms with van der Waals surface area (Å²) in [7, 11) is 0. The van der Waals surface area contributed by atoms with E-state index in [1.807, 2.05) is 29.2 Å². The number of anilines is 2. The fourth-order valence-corrected chi connectivity index (χ4v) is 4.71. The van der Waals surface area contributed by atoms with Crippen molar-refractivity contribution in [1.82, 2.24) is 15.3 Å². The Labute approximate surface area is 203 Å². The lowest BCUT2D eigenvalue weighted by molar-refractivity contribution is -0.384. The highest BCUT2D eigenvalue weighted by Gasteiger charge is 2.23. The number of hydrogen-bond donors (Lipinski definition) is 2. The van der Waals surface area contributed by atoms with Gasteiger partial charge >= 0.3 is 0 Å². The predicted octanol–water partition coefficient (Wildman–Crippen LogP) is 3.86. The summed E-state index contributed by atoms with van der Waals surface area (Å²) < 4.78 is 11.6. The summed E-state index contributed by atoms with van der Waals surface area (Å²) in [6.45, 7) is 3.75. The Kier molecular flexibility index (Phi) is 7.20. The monoisotopic (exact) mass is 478 g/mol. The minimum atomic E-state index is -0.331. The van der Waals surface area contributed by atoms with Crippen LogP contribution in [0.15, 0.2) is 42.7 Å². The van der Waals surface area contributed by atoms with Gasteiger partial charge in [0.2, 0.25) is 0 Å². The van der Waals surface area contributed by atoms with E-state index < -0.39 is 0 Å². The maximum absolute atomic E-state index is 11.9. The first-order valence-electron chi connectivity index (χ1n) is 12.1. The first-order chi connectivity index (χ1) is 17.2. The zero-order valence-corrected chi connectivity index (χ0v) is 19.6. The average Bonchev–Trinajstić information content (AvgIpc) is 3.41. The fraction of sp³-hybridized carbons (Fsp3) is 0.440. The fourth-order valence-electron chi connectivity index (χ4n) is 4.71. The van der Waals surface area contributed by atoms with Crippen molar-refractivity contribution in [1.29, 1.82) is 0 Å². The molecule has 1 saturated carbocycles. The van der Waals surface area contributed by atoms with Gasteiger partial charge in [0, 0.05) is 44.2 Å². The lowest BCUT2D eigenvalue weighted by Crippen LogP contribution is -2.43. The number of fused-ring (bicyclic) bond motifs is 1. The first-order valence-corrected chi connectivity index (χ1v) is 12.1. The van der Waals surface area contributed by atoms with Gasteiger partial charge < -0.3 is 25.0 Å². The van der Waals surface area contributed by atoms with E-state index in [9.17, 15) is 10.1 Å². The summed E-state index contributed by atoms with van der Waals surface area (Å²) >= 11 is 0. The zero-order valence-electron chi connectivity index (χ0n) is 19.6. The van der Waals surface area contributed by atoms with Crippen molar-refractivity contribution in [2.75, 3.05) is 43.2 Å². The third-order valence-electron chi connectivity index (χ3n) is 6.58.